The first-order valence-electron chi connectivity index (χ1n) is 15.8. The molecule has 0 amide bonds. The van der Waals surface area contributed by atoms with E-state index in [0.29, 0.717) is 0 Å². The largest absolute Gasteiger partial charge is 0.550 e. The van der Waals surface area contributed by atoms with Crippen molar-refractivity contribution in [1.82, 2.24) is 16.0 Å². The quantitative estimate of drug-likeness (QED) is 0.299. The summed E-state index contributed by atoms with van der Waals surface area (Å²) in [5.74, 6) is -10.6. The molecule has 0 aromatic carbocycles. The highest BCUT2D eigenvalue weighted by molar-refractivity contribution is 5.92. The van der Waals surface area contributed by atoms with Crippen molar-refractivity contribution in [2.24, 2.45) is 29.1 Å². The van der Waals surface area contributed by atoms with Crippen LogP contribution >= 0.6 is 0 Å². The minimum Gasteiger partial charge on any atom is -0.550 e. The maximum absolute atomic E-state index is 14.1. The predicted octanol–water partition coefficient (Wildman–Crippen LogP) is 0.240. The Morgan fingerprint density at radius 1 is 0.581 bits per heavy atom. The summed E-state index contributed by atoms with van der Waals surface area (Å²) in [6.45, 7) is 22.8. The number of carbonyl (C=O) groups excluding carboxylic acids is 3. The van der Waals surface area contributed by atoms with Crippen molar-refractivity contribution < 1.29 is 34.8 Å². The SMILES string of the molecule is CC1(C)CC(C(C(=O)[O-])C(O)(C(=O)[O-])C(C(=O)[O-])(C2CC(C)(C)NC(C)(C)C2)C2CC(C)(C)NC(C)(C)C2)CC(C)(C)N1. The van der Waals surface area contributed by atoms with Crippen LogP contribution in [0.3, 0.4) is 0 Å². The molecule has 4 N–H and O–H groups in total. The summed E-state index contributed by atoms with van der Waals surface area (Å²) in [5.41, 5.74) is -9.77. The monoisotopic (exact) mass is 606 g/mol. The van der Waals surface area contributed by atoms with Gasteiger partial charge in [-0.3, -0.25) is 0 Å². The van der Waals surface area contributed by atoms with Gasteiger partial charge in [0.1, 0.15) is 5.60 Å². The van der Waals surface area contributed by atoms with E-state index in [0.717, 1.165) is 0 Å². The van der Waals surface area contributed by atoms with Crippen molar-refractivity contribution >= 4 is 17.9 Å². The van der Waals surface area contributed by atoms with Gasteiger partial charge in [-0.25, -0.2) is 0 Å². The van der Waals surface area contributed by atoms with Gasteiger partial charge in [0, 0.05) is 45.1 Å². The minimum absolute atomic E-state index is 0.174. The fourth-order valence-corrected chi connectivity index (χ4v) is 10.6. The van der Waals surface area contributed by atoms with Crippen LogP contribution in [0, 0.1) is 29.1 Å². The van der Waals surface area contributed by atoms with Crippen molar-refractivity contribution in [2.75, 3.05) is 0 Å². The minimum atomic E-state index is -3.35. The van der Waals surface area contributed by atoms with Gasteiger partial charge in [-0.15, -0.1) is 0 Å². The third kappa shape index (κ3) is 6.77. The van der Waals surface area contributed by atoms with E-state index < -0.39 is 85.8 Å². The maximum atomic E-state index is 14.1. The maximum Gasteiger partial charge on any atom is 0.123 e. The lowest BCUT2D eigenvalue weighted by Gasteiger charge is -2.66. The van der Waals surface area contributed by atoms with Gasteiger partial charge in [-0.1, -0.05) is 0 Å². The molecule has 0 bridgehead atoms. The van der Waals surface area contributed by atoms with Gasteiger partial charge in [0.2, 0.25) is 0 Å². The molecule has 2 atom stereocenters. The number of piperidine rings is 3. The Morgan fingerprint density at radius 3 is 1.09 bits per heavy atom. The third-order valence-electron chi connectivity index (χ3n) is 10.3. The van der Waals surface area contributed by atoms with Crippen LogP contribution < -0.4 is 31.3 Å². The second kappa shape index (κ2) is 10.7. The summed E-state index contributed by atoms with van der Waals surface area (Å²) in [4.78, 5) is 41.0. The van der Waals surface area contributed by atoms with Gasteiger partial charge in [-0.2, -0.15) is 0 Å². The van der Waals surface area contributed by atoms with Gasteiger partial charge in [0.25, 0.3) is 0 Å². The number of hydrogen-bond acceptors (Lipinski definition) is 10. The van der Waals surface area contributed by atoms with Crippen LogP contribution in [0.2, 0.25) is 0 Å². The van der Waals surface area contributed by atoms with E-state index >= 15 is 0 Å². The Hall–Kier alpha value is -1.75. The molecule has 0 radical (unpaired) electrons. The van der Waals surface area contributed by atoms with Crippen LogP contribution in [0.15, 0.2) is 0 Å². The van der Waals surface area contributed by atoms with Crippen LogP contribution in [0.4, 0.5) is 0 Å². The Balaban J connectivity index is 2.46. The second-order valence-corrected chi connectivity index (χ2v) is 18.1. The van der Waals surface area contributed by atoms with E-state index in [2.05, 4.69) is 16.0 Å². The fraction of sp³-hybridized carbons (Fsp3) is 0.909. The van der Waals surface area contributed by atoms with Crippen LogP contribution in [0.5, 0.6) is 0 Å². The molecule has 3 aliphatic heterocycles. The number of carboxylic acids is 3. The molecule has 0 aromatic heterocycles. The van der Waals surface area contributed by atoms with E-state index in [9.17, 15) is 34.8 Å². The average molecular weight is 607 g/mol. The predicted molar refractivity (Wildman–Crippen MR) is 158 cm³/mol. The molecule has 3 fully saturated rings. The number of carboxylic acid groups (broad SMARTS) is 3. The zero-order valence-corrected chi connectivity index (χ0v) is 28.4. The summed E-state index contributed by atoms with van der Waals surface area (Å²) >= 11 is 0. The molecule has 3 aliphatic rings. The number of nitrogens with one attached hydrogen (secondary N) is 3. The van der Waals surface area contributed by atoms with Gasteiger partial charge in [0.05, 0.1) is 17.4 Å². The van der Waals surface area contributed by atoms with Crippen molar-refractivity contribution in [1.29, 1.82) is 0 Å². The molecule has 43 heavy (non-hydrogen) atoms. The van der Waals surface area contributed by atoms with Gasteiger partial charge < -0.3 is 50.8 Å². The zero-order chi connectivity index (χ0) is 33.4. The van der Waals surface area contributed by atoms with Crippen LogP contribution in [0.25, 0.3) is 0 Å². The number of carbonyl (C=O) groups is 3. The highest BCUT2D eigenvalue weighted by atomic mass is 16.4. The van der Waals surface area contributed by atoms with E-state index in [1.807, 2.05) is 83.1 Å². The lowest BCUT2D eigenvalue weighted by Crippen LogP contribution is -2.79. The van der Waals surface area contributed by atoms with Gasteiger partial charge >= 0.3 is 0 Å². The molecular formula is C33H56N3O7-3. The molecule has 3 rings (SSSR count). The van der Waals surface area contributed by atoms with Crippen LogP contribution in [-0.2, 0) is 14.4 Å². The Bertz CT molecular complexity index is 1040. The molecule has 3 saturated heterocycles. The lowest BCUT2D eigenvalue weighted by atomic mass is 9.45. The summed E-state index contributed by atoms with van der Waals surface area (Å²) in [7, 11) is 0. The van der Waals surface area contributed by atoms with E-state index in [-0.39, 0.29) is 38.5 Å². The van der Waals surface area contributed by atoms with Gasteiger partial charge in [0.15, 0.2) is 0 Å². The molecule has 0 spiro atoms. The standard InChI is InChI=1S/C33H59N3O7/c1-26(2)13-19(14-27(3,4)34-26)22(23(37)38)33(43,25(41)42)32(24(39)40,20-15-28(5,6)35-29(7,8)16-20)21-17-30(9,10)36-31(11,12)18-21/h19-22,34-36,43H,13-18H2,1-12H3,(H,37,38)(H,39,40)(H,41,42)/p-3. The molecule has 0 saturated carbocycles. The van der Waals surface area contributed by atoms with Crippen LogP contribution in [0.1, 0.15) is 122 Å². The summed E-state index contributed by atoms with van der Waals surface area (Å²) in [6, 6.07) is 0. The third-order valence-corrected chi connectivity index (χ3v) is 10.3. The molecule has 0 aromatic rings. The highest BCUT2D eigenvalue weighted by Crippen LogP contribution is 2.60. The molecule has 248 valence electrons. The molecule has 0 aliphatic carbocycles. The van der Waals surface area contributed by atoms with Crippen molar-refractivity contribution in [3.8, 4) is 0 Å². The summed E-state index contributed by atoms with van der Waals surface area (Å²) in [6.07, 6.45) is 1.06. The number of aliphatic carboxylic acids is 3. The normalized spacial score (nSPS) is 29.2. The van der Waals surface area contributed by atoms with E-state index in [1.165, 1.54) is 0 Å². The van der Waals surface area contributed by atoms with Crippen LogP contribution in [-0.4, -0.2) is 61.8 Å². The summed E-state index contributed by atoms with van der Waals surface area (Å²) in [5, 5.41) is 64.4. The Labute approximate surface area is 258 Å². The highest BCUT2D eigenvalue weighted by Gasteiger charge is 2.68. The van der Waals surface area contributed by atoms with E-state index in [1.54, 1.807) is 0 Å². The number of aliphatic hydroxyl groups is 1. The van der Waals surface area contributed by atoms with Gasteiger partial charge in [-0.05, 0) is 139 Å². The topological polar surface area (TPSA) is 177 Å². The second-order valence-electron chi connectivity index (χ2n) is 18.1. The average Bonchev–Trinajstić information content (AvgIpc) is 2.66. The molecular weight excluding hydrogens is 550 g/mol. The number of hydrogen-bond donors (Lipinski definition) is 4. The van der Waals surface area contributed by atoms with Crippen molar-refractivity contribution in [2.45, 2.75) is 160 Å². The summed E-state index contributed by atoms with van der Waals surface area (Å²) < 4.78 is 0. The lowest BCUT2D eigenvalue weighted by molar-refractivity contribution is -0.377. The zero-order valence-electron chi connectivity index (χ0n) is 28.4. The number of rotatable bonds is 8. The van der Waals surface area contributed by atoms with Crippen molar-refractivity contribution in [3.63, 3.8) is 0 Å². The van der Waals surface area contributed by atoms with Crippen molar-refractivity contribution in [3.05, 3.63) is 0 Å². The molecule has 2 unspecified atom stereocenters. The smallest absolute Gasteiger partial charge is 0.123 e. The van der Waals surface area contributed by atoms with E-state index in [4.69, 9.17) is 0 Å². The first-order valence-corrected chi connectivity index (χ1v) is 15.8. The Morgan fingerprint density at radius 2 is 0.860 bits per heavy atom. The Kier molecular flexibility index (Phi) is 8.86. The fourth-order valence-electron chi connectivity index (χ4n) is 10.6. The molecule has 3 heterocycles. The molecule has 10 heteroatoms. The first-order chi connectivity index (χ1) is 19.0. The first kappa shape index (κ1) is 35.7. The molecule has 10 nitrogen and oxygen atoms in total.